The molecule has 0 atom stereocenters. The Morgan fingerprint density at radius 1 is 1.05 bits per heavy atom. The molecule has 0 heterocycles. The molecule has 0 radical (unpaired) electrons. The summed E-state index contributed by atoms with van der Waals surface area (Å²) in [5.74, 6) is -0.248. The Morgan fingerprint density at radius 3 is 2.33 bits per heavy atom. The van der Waals surface area contributed by atoms with Crippen molar-refractivity contribution in [2.75, 3.05) is 0 Å². The van der Waals surface area contributed by atoms with Gasteiger partial charge in [0.15, 0.2) is 0 Å². The van der Waals surface area contributed by atoms with Crippen LogP contribution < -0.4 is 0 Å². The maximum atomic E-state index is 12.8. The maximum Gasteiger partial charge on any atom is 0.123 e. The number of rotatable bonds is 5. The Labute approximate surface area is 125 Å². The molecule has 0 amide bonds. The first kappa shape index (κ1) is 15.1. The molecular weight excluding hydrogens is 263 g/mol. The molecule has 0 aromatic heterocycles. The highest BCUT2D eigenvalue weighted by Crippen LogP contribution is 2.06. The third-order valence-corrected chi connectivity index (χ3v) is 3.19. The highest BCUT2D eigenvalue weighted by Gasteiger charge is 1.97. The molecule has 3 heteroatoms. The smallest absolute Gasteiger partial charge is 0.123 e. The second-order valence-electron chi connectivity index (χ2n) is 4.93. The van der Waals surface area contributed by atoms with E-state index in [0.717, 1.165) is 29.7 Å². The van der Waals surface area contributed by atoms with E-state index in [1.165, 1.54) is 17.7 Å². The van der Waals surface area contributed by atoms with Crippen LogP contribution in [-0.4, -0.2) is 11.9 Å². The predicted octanol–water partition coefficient (Wildman–Crippen LogP) is 4.62. The van der Waals surface area contributed by atoms with E-state index in [1.54, 1.807) is 18.3 Å². The van der Waals surface area contributed by atoms with Crippen molar-refractivity contribution in [2.24, 2.45) is 10.2 Å². The molecule has 21 heavy (non-hydrogen) atoms. The van der Waals surface area contributed by atoms with Crippen molar-refractivity contribution in [1.29, 1.82) is 0 Å². The van der Waals surface area contributed by atoms with Gasteiger partial charge in [-0.25, -0.2) is 4.39 Å². The average Bonchev–Trinajstić information content (AvgIpc) is 2.50. The molecule has 0 bridgehead atoms. The van der Waals surface area contributed by atoms with Crippen LogP contribution in [-0.2, 0) is 6.42 Å². The lowest BCUT2D eigenvalue weighted by molar-refractivity contribution is 0.628. The molecular formula is C18H19FN2. The predicted molar refractivity (Wildman–Crippen MR) is 86.6 cm³/mol. The number of nitrogens with zero attached hydrogens (tertiary/aromatic N) is 2. The third-order valence-electron chi connectivity index (χ3n) is 3.19. The monoisotopic (exact) mass is 282 g/mol. The Kier molecular flexibility index (Phi) is 5.38. The lowest BCUT2D eigenvalue weighted by atomic mass is 10.1. The molecule has 0 saturated carbocycles. The number of hydrogen-bond acceptors (Lipinski definition) is 2. The van der Waals surface area contributed by atoms with E-state index in [2.05, 4.69) is 29.3 Å². The molecule has 0 aliphatic heterocycles. The second kappa shape index (κ2) is 7.48. The summed E-state index contributed by atoms with van der Waals surface area (Å²) in [6, 6.07) is 14.5. The van der Waals surface area contributed by atoms with Gasteiger partial charge in [-0.2, -0.15) is 10.2 Å². The molecule has 0 fully saturated rings. The number of aryl methyl sites for hydroxylation is 1. The minimum Gasteiger partial charge on any atom is -0.207 e. The summed E-state index contributed by atoms with van der Waals surface area (Å²) in [5, 5.41) is 8.23. The van der Waals surface area contributed by atoms with Crippen LogP contribution in [0.3, 0.4) is 0 Å². The zero-order valence-corrected chi connectivity index (χ0v) is 12.4. The van der Waals surface area contributed by atoms with E-state index in [9.17, 15) is 4.39 Å². The first-order valence-corrected chi connectivity index (χ1v) is 7.11. The molecule has 0 aliphatic carbocycles. The molecule has 2 aromatic carbocycles. The third kappa shape index (κ3) is 4.63. The fraction of sp³-hybridized carbons (Fsp3) is 0.222. The standard InChI is InChI=1S/C18H19FN2/c1-3-4-15-5-7-16(8-6-15)13-20-21-14(2)17-9-11-18(19)12-10-17/h5-13H,3-4H2,1-2H3/b20-13-,21-14-. The molecule has 108 valence electrons. The Balaban J connectivity index is 2.03. The largest absolute Gasteiger partial charge is 0.207 e. The molecule has 0 aliphatic rings. The summed E-state index contributed by atoms with van der Waals surface area (Å²) < 4.78 is 12.8. The van der Waals surface area contributed by atoms with Gasteiger partial charge in [0.1, 0.15) is 5.82 Å². The van der Waals surface area contributed by atoms with Crippen molar-refractivity contribution in [3.63, 3.8) is 0 Å². The van der Waals surface area contributed by atoms with E-state index in [0.29, 0.717) is 0 Å². The van der Waals surface area contributed by atoms with Crippen LogP contribution >= 0.6 is 0 Å². The quantitative estimate of drug-likeness (QED) is 0.564. The fourth-order valence-corrected chi connectivity index (χ4v) is 1.99. The van der Waals surface area contributed by atoms with Crippen LogP contribution in [0.5, 0.6) is 0 Å². The van der Waals surface area contributed by atoms with Crippen LogP contribution in [0.15, 0.2) is 58.7 Å². The van der Waals surface area contributed by atoms with E-state index < -0.39 is 0 Å². The van der Waals surface area contributed by atoms with Gasteiger partial charge in [-0.1, -0.05) is 49.7 Å². The summed E-state index contributed by atoms with van der Waals surface area (Å²) in [7, 11) is 0. The SMILES string of the molecule is CCCc1ccc(/C=N\N=C(\C)c2ccc(F)cc2)cc1. The van der Waals surface area contributed by atoms with Gasteiger partial charge in [0.25, 0.3) is 0 Å². The van der Waals surface area contributed by atoms with Gasteiger partial charge >= 0.3 is 0 Å². The van der Waals surface area contributed by atoms with Crippen LogP contribution in [0.4, 0.5) is 4.39 Å². The van der Waals surface area contributed by atoms with Crippen molar-refractivity contribution < 1.29 is 4.39 Å². The summed E-state index contributed by atoms with van der Waals surface area (Å²) in [4.78, 5) is 0. The fourth-order valence-electron chi connectivity index (χ4n) is 1.99. The first-order chi connectivity index (χ1) is 10.2. The minimum absolute atomic E-state index is 0.248. The summed E-state index contributed by atoms with van der Waals surface area (Å²) in [6.07, 6.45) is 3.97. The molecule has 2 aromatic rings. The Hall–Kier alpha value is -2.29. The van der Waals surface area contributed by atoms with E-state index in [4.69, 9.17) is 0 Å². The van der Waals surface area contributed by atoms with Crippen molar-refractivity contribution in [3.8, 4) is 0 Å². The first-order valence-electron chi connectivity index (χ1n) is 7.11. The topological polar surface area (TPSA) is 24.7 Å². The zero-order chi connectivity index (χ0) is 15.1. The molecule has 2 rings (SSSR count). The minimum atomic E-state index is -0.248. The van der Waals surface area contributed by atoms with Gasteiger partial charge in [0, 0.05) is 0 Å². The van der Waals surface area contributed by atoms with Crippen LogP contribution in [0.25, 0.3) is 0 Å². The van der Waals surface area contributed by atoms with E-state index in [1.807, 2.05) is 19.1 Å². The summed E-state index contributed by atoms with van der Waals surface area (Å²) >= 11 is 0. The van der Waals surface area contributed by atoms with Gasteiger partial charge < -0.3 is 0 Å². The molecule has 0 unspecified atom stereocenters. The van der Waals surface area contributed by atoms with Crippen molar-refractivity contribution in [1.82, 2.24) is 0 Å². The number of halogens is 1. The second-order valence-corrected chi connectivity index (χ2v) is 4.93. The van der Waals surface area contributed by atoms with Crippen LogP contribution in [0.1, 0.15) is 37.0 Å². The highest BCUT2D eigenvalue weighted by molar-refractivity contribution is 5.98. The average molecular weight is 282 g/mol. The van der Waals surface area contributed by atoms with Crippen molar-refractivity contribution >= 4 is 11.9 Å². The van der Waals surface area contributed by atoms with Crippen molar-refractivity contribution in [3.05, 3.63) is 71.0 Å². The lowest BCUT2D eigenvalue weighted by Crippen LogP contribution is -1.93. The van der Waals surface area contributed by atoms with Gasteiger partial charge in [0.05, 0.1) is 11.9 Å². The lowest BCUT2D eigenvalue weighted by Gasteiger charge is -1.99. The van der Waals surface area contributed by atoms with Gasteiger partial charge in [0.2, 0.25) is 0 Å². The molecule has 0 spiro atoms. The van der Waals surface area contributed by atoms with Gasteiger partial charge in [-0.05, 0) is 42.2 Å². The molecule has 0 N–H and O–H groups in total. The van der Waals surface area contributed by atoms with Crippen LogP contribution in [0.2, 0.25) is 0 Å². The zero-order valence-electron chi connectivity index (χ0n) is 12.4. The number of benzene rings is 2. The van der Waals surface area contributed by atoms with E-state index >= 15 is 0 Å². The van der Waals surface area contributed by atoms with E-state index in [-0.39, 0.29) is 5.82 Å². The van der Waals surface area contributed by atoms with Gasteiger partial charge in [-0.3, -0.25) is 0 Å². The number of hydrogen-bond donors (Lipinski definition) is 0. The Morgan fingerprint density at radius 2 is 1.71 bits per heavy atom. The summed E-state index contributed by atoms with van der Waals surface area (Å²) in [5.41, 5.74) is 3.98. The molecule has 0 saturated heterocycles. The Bertz CT molecular complexity index is 625. The summed E-state index contributed by atoms with van der Waals surface area (Å²) in [6.45, 7) is 4.03. The van der Waals surface area contributed by atoms with Crippen LogP contribution in [0, 0.1) is 5.82 Å². The maximum absolute atomic E-state index is 12.8. The normalized spacial score (nSPS) is 12.0. The molecule has 2 nitrogen and oxygen atoms in total. The van der Waals surface area contributed by atoms with Crippen molar-refractivity contribution in [2.45, 2.75) is 26.7 Å². The van der Waals surface area contributed by atoms with Gasteiger partial charge in [-0.15, -0.1) is 0 Å². The highest BCUT2D eigenvalue weighted by atomic mass is 19.1.